The molecule has 1 fully saturated rings. The summed E-state index contributed by atoms with van der Waals surface area (Å²) < 4.78 is 11.2. The molecule has 0 aromatic carbocycles. The zero-order valence-corrected chi connectivity index (χ0v) is 55.1. The van der Waals surface area contributed by atoms with Gasteiger partial charge in [-0.3, -0.25) is 4.79 Å². The Bertz CT molecular complexity index is 1570. The first-order valence-corrected chi connectivity index (χ1v) is 36.2. The Morgan fingerprint density at radius 2 is 0.741 bits per heavy atom. The van der Waals surface area contributed by atoms with Crippen LogP contribution in [0.1, 0.15) is 335 Å². The van der Waals surface area contributed by atoms with Crippen molar-refractivity contribution in [1.29, 1.82) is 0 Å². The summed E-state index contributed by atoms with van der Waals surface area (Å²) in [6, 6.07) is -1.20. The minimum atomic E-state index is -1.68. The lowest BCUT2D eigenvalue weighted by molar-refractivity contribution is -0.303. The van der Waals surface area contributed by atoms with E-state index in [4.69, 9.17) is 9.47 Å². The van der Waals surface area contributed by atoms with Crippen molar-refractivity contribution >= 4 is 5.91 Å². The molecule has 9 unspecified atom stereocenters. The van der Waals surface area contributed by atoms with E-state index in [0.29, 0.717) is 19.3 Å². The molecule has 0 saturated carbocycles. The molecule has 0 bridgehead atoms. The van der Waals surface area contributed by atoms with Crippen LogP contribution in [0.2, 0.25) is 0 Å². The second kappa shape index (κ2) is 62.0. The summed E-state index contributed by atoms with van der Waals surface area (Å²) in [5, 5.41) is 76.5. The number of rotatable bonds is 63. The Balaban J connectivity index is 2.23. The normalized spacial score (nSPS) is 19.2. The van der Waals surface area contributed by atoms with Crippen molar-refractivity contribution < 1.29 is 50.0 Å². The molecule has 8 N–H and O–H groups in total. The van der Waals surface area contributed by atoms with Gasteiger partial charge in [0.05, 0.1) is 25.4 Å². The minimum absolute atomic E-state index is 0.240. The molecule has 0 aromatic heterocycles. The average molecular weight is 1200 g/mol. The van der Waals surface area contributed by atoms with Crippen molar-refractivity contribution in [2.75, 3.05) is 13.2 Å². The van der Waals surface area contributed by atoms with Crippen LogP contribution in [-0.2, 0) is 14.3 Å². The van der Waals surface area contributed by atoms with E-state index in [1.165, 1.54) is 238 Å². The van der Waals surface area contributed by atoms with Crippen molar-refractivity contribution in [2.24, 2.45) is 0 Å². The molecule has 11 nitrogen and oxygen atoms in total. The minimum Gasteiger partial charge on any atom is -0.394 e. The van der Waals surface area contributed by atoms with Crippen LogP contribution in [-0.4, -0.2) is 110 Å². The Labute approximate surface area is 522 Å². The molecular weight excluding hydrogens is 1060 g/mol. The van der Waals surface area contributed by atoms with Gasteiger partial charge in [-0.25, -0.2) is 0 Å². The number of hydrogen-bond donors (Lipinski definition) is 8. The molecule has 0 spiro atoms. The van der Waals surface area contributed by atoms with Crippen LogP contribution in [0.4, 0.5) is 0 Å². The first kappa shape index (κ1) is 80.8. The Morgan fingerprint density at radius 3 is 1.12 bits per heavy atom. The molecule has 11 heteroatoms. The van der Waals surface area contributed by atoms with Crippen LogP contribution in [0.25, 0.3) is 0 Å². The number of allylic oxidation sites excluding steroid dienone is 10. The SMILES string of the molecule is CCCCCCCCCCC/C=C\C/C=C\CCCCCCCCCCCCCCCCC(O)C(=O)NC(COC1OC(CO)C(O)C(O)C1O)C(O)C(O)CCC/C=C/CC/C=C/CC/C=C/CCCCCCCCCCCCCCCCC. The van der Waals surface area contributed by atoms with Crippen molar-refractivity contribution in [1.82, 2.24) is 5.32 Å². The van der Waals surface area contributed by atoms with Gasteiger partial charge >= 0.3 is 0 Å². The number of carbonyl (C=O) groups is 1. The lowest BCUT2D eigenvalue weighted by atomic mass is 9.98. The summed E-state index contributed by atoms with van der Waals surface area (Å²) >= 11 is 0. The van der Waals surface area contributed by atoms with Gasteiger partial charge in [-0.05, 0) is 96.3 Å². The largest absolute Gasteiger partial charge is 0.394 e. The van der Waals surface area contributed by atoms with Crippen molar-refractivity contribution in [3.8, 4) is 0 Å². The second-order valence-corrected chi connectivity index (χ2v) is 25.3. The highest BCUT2D eigenvalue weighted by atomic mass is 16.7. The Hall–Kier alpha value is -2.19. The van der Waals surface area contributed by atoms with Crippen LogP contribution in [0, 0.1) is 0 Å². The predicted octanol–water partition coefficient (Wildman–Crippen LogP) is 17.7. The number of hydrogen-bond acceptors (Lipinski definition) is 10. The van der Waals surface area contributed by atoms with Gasteiger partial charge in [-0.2, -0.15) is 0 Å². The summed E-state index contributed by atoms with van der Waals surface area (Å²) in [6.45, 7) is 3.48. The smallest absolute Gasteiger partial charge is 0.249 e. The lowest BCUT2D eigenvalue weighted by Crippen LogP contribution is -2.60. The van der Waals surface area contributed by atoms with E-state index >= 15 is 0 Å². The van der Waals surface area contributed by atoms with Crippen LogP contribution < -0.4 is 5.32 Å². The molecule has 1 aliphatic heterocycles. The molecule has 1 aliphatic rings. The molecule has 0 aromatic rings. The zero-order chi connectivity index (χ0) is 61.7. The summed E-state index contributed by atoms with van der Waals surface area (Å²) in [4.78, 5) is 13.3. The Kier molecular flexibility index (Phi) is 59.0. The number of aliphatic hydroxyl groups is 7. The van der Waals surface area contributed by atoms with Crippen molar-refractivity contribution in [2.45, 2.75) is 390 Å². The van der Waals surface area contributed by atoms with E-state index in [-0.39, 0.29) is 12.8 Å². The van der Waals surface area contributed by atoms with Crippen LogP contribution in [0.3, 0.4) is 0 Å². The number of unbranched alkanes of at least 4 members (excludes halogenated alkanes) is 41. The van der Waals surface area contributed by atoms with Gasteiger partial charge in [-0.1, -0.05) is 299 Å². The predicted molar refractivity (Wildman–Crippen MR) is 358 cm³/mol. The zero-order valence-electron chi connectivity index (χ0n) is 55.1. The van der Waals surface area contributed by atoms with E-state index in [0.717, 1.165) is 51.4 Å². The average Bonchev–Trinajstić information content (AvgIpc) is 3.51. The third kappa shape index (κ3) is 49.3. The molecule has 85 heavy (non-hydrogen) atoms. The van der Waals surface area contributed by atoms with Gasteiger partial charge in [0, 0.05) is 0 Å². The number of ether oxygens (including phenoxy) is 2. The van der Waals surface area contributed by atoms with Crippen LogP contribution >= 0.6 is 0 Å². The van der Waals surface area contributed by atoms with E-state index in [1.807, 2.05) is 0 Å². The lowest BCUT2D eigenvalue weighted by Gasteiger charge is -2.40. The quantitative estimate of drug-likeness (QED) is 0.0215. The maximum atomic E-state index is 13.3. The van der Waals surface area contributed by atoms with Gasteiger partial charge in [0.1, 0.15) is 36.6 Å². The first-order chi connectivity index (χ1) is 41.7. The van der Waals surface area contributed by atoms with Gasteiger partial charge in [0.25, 0.3) is 0 Å². The molecule has 0 aliphatic carbocycles. The highest BCUT2D eigenvalue weighted by molar-refractivity contribution is 5.80. The number of carbonyl (C=O) groups excluding carboxylic acids is 1. The monoisotopic (exact) mass is 1200 g/mol. The molecule has 1 saturated heterocycles. The maximum absolute atomic E-state index is 13.3. The van der Waals surface area contributed by atoms with Crippen molar-refractivity contribution in [3.63, 3.8) is 0 Å². The summed E-state index contributed by atoms with van der Waals surface area (Å²) in [7, 11) is 0. The highest BCUT2D eigenvalue weighted by Crippen LogP contribution is 2.24. The fourth-order valence-electron chi connectivity index (χ4n) is 11.4. The van der Waals surface area contributed by atoms with Gasteiger partial charge in [0.2, 0.25) is 5.91 Å². The summed E-state index contributed by atoms with van der Waals surface area (Å²) in [5.74, 6) is -0.710. The Morgan fingerprint density at radius 1 is 0.412 bits per heavy atom. The molecule has 9 atom stereocenters. The fraction of sp³-hybridized carbons (Fsp3) is 0.851. The second-order valence-electron chi connectivity index (χ2n) is 25.3. The standard InChI is InChI=1S/C74H137NO10/c1-3-5-7-9-11-13-15-17-19-21-23-25-27-29-31-33-34-36-38-40-42-44-46-48-50-52-54-56-58-60-62-67(78)73(83)75-65(64-84-74-72(82)71(81)70(80)68(63-76)85-74)69(79)66(77)61-59-57-55-53-51-49-47-45-43-41-39-37-35-32-30-28-26-24-22-20-18-16-14-12-10-8-6-4-2/h23,25,29,31,37,39,45,47,53,55,65-72,74,76-82H,3-22,24,26-28,30,32-36,38,40-44,46,48-52,54,56-64H2,1-2H3,(H,75,83)/b25-23-,31-29-,39-37+,47-45+,55-53+. The molecule has 1 amide bonds. The summed E-state index contributed by atoms with van der Waals surface area (Å²) in [6.07, 6.45) is 71.7. The van der Waals surface area contributed by atoms with Crippen LogP contribution in [0.5, 0.6) is 0 Å². The van der Waals surface area contributed by atoms with Gasteiger partial charge < -0.3 is 50.5 Å². The van der Waals surface area contributed by atoms with E-state index < -0.39 is 74.2 Å². The molecular formula is C74H137NO10. The highest BCUT2D eigenvalue weighted by Gasteiger charge is 2.44. The third-order valence-corrected chi connectivity index (χ3v) is 17.2. The van der Waals surface area contributed by atoms with Gasteiger partial charge in [-0.15, -0.1) is 0 Å². The summed E-state index contributed by atoms with van der Waals surface area (Å²) in [5.41, 5.74) is 0. The molecule has 498 valence electrons. The third-order valence-electron chi connectivity index (χ3n) is 17.2. The molecule has 1 rings (SSSR count). The topological polar surface area (TPSA) is 189 Å². The van der Waals surface area contributed by atoms with E-state index in [1.54, 1.807) is 0 Å². The van der Waals surface area contributed by atoms with E-state index in [9.17, 15) is 40.5 Å². The molecule has 1 heterocycles. The van der Waals surface area contributed by atoms with Gasteiger partial charge in [0.15, 0.2) is 6.29 Å². The van der Waals surface area contributed by atoms with Crippen LogP contribution in [0.15, 0.2) is 60.8 Å². The number of nitrogens with one attached hydrogen (secondary N) is 1. The fourth-order valence-corrected chi connectivity index (χ4v) is 11.4. The molecule has 0 radical (unpaired) electrons. The van der Waals surface area contributed by atoms with Crippen molar-refractivity contribution in [3.05, 3.63) is 60.8 Å². The number of amides is 1. The maximum Gasteiger partial charge on any atom is 0.249 e. The first-order valence-electron chi connectivity index (χ1n) is 36.2. The van der Waals surface area contributed by atoms with E-state index in [2.05, 4.69) is 79.9 Å². The number of aliphatic hydroxyl groups excluding tert-OH is 7.